The van der Waals surface area contributed by atoms with E-state index in [-0.39, 0.29) is 6.42 Å². The fourth-order valence-electron chi connectivity index (χ4n) is 2.66. The number of carboxylic acids is 1. The Morgan fingerprint density at radius 3 is 3.00 bits per heavy atom. The van der Waals surface area contributed by atoms with Crippen molar-refractivity contribution >= 4 is 17.7 Å². The normalized spacial score (nSPS) is 18.8. The van der Waals surface area contributed by atoms with Crippen LogP contribution in [0.15, 0.2) is 18.3 Å². The number of primary amides is 1. The monoisotopic (exact) mass is 277 g/mol. The molecule has 20 heavy (non-hydrogen) atoms. The van der Waals surface area contributed by atoms with Crippen LogP contribution < -0.4 is 10.6 Å². The minimum absolute atomic E-state index is 0.184. The summed E-state index contributed by atoms with van der Waals surface area (Å²) in [4.78, 5) is 28.4. The highest BCUT2D eigenvalue weighted by molar-refractivity contribution is 5.97. The Morgan fingerprint density at radius 1 is 1.50 bits per heavy atom. The average molecular weight is 277 g/mol. The fraction of sp³-hybridized carbons (Fsp3) is 0.500. The van der Waals surface area contributed by atoms with E-state index in [1.807, 2.05) is 4.90 Å². The molecule has 0 aliphatic carbocycles. The minimum Gasteiger partial charge on any atom is -0.481 e. The van der Waals surface area contributed by atoms with Gasteiger partial charge in [-0.1, -0.05) is 0 Å². The Kier molecular flexibility index (Phi) is 4.55. The van der Waals surface area contributed by atoms with Crippen molar-refractivity contribution in [2.45, 2.75) is 25.7 Å². The number of hydrogen-bond donors (Lipinski definition) is 2. The van der Waals surface area contributed by atoms with Crippen LogP contribution in [0.2, 0.25) is 0 Å². The van der Waals surface area contributed by atoms with E-state index in [0.717, 1.165) is 25.9 Å². The highest BCUT2D eigenvalue weighted by Gasteiger charge is 2.24. The van der Waals surface area contributed by atoms with Gasteiger partial charge in [0, 0.05) is 25.7 Å². The van der Waals surface area contributed by atoms with Gasteiger partial charge in [0.1, 0.15) is 5.82 Å². The van der Waals surface area contributed by atoms with Crippen molar-refractivity contribution in [2.75, 3.05) is 18.0 Å². The first-order chi connectivity index (χ1) is 9.58. The van der Waals surface area contributed by atoms with E-state index in [9.17, 15) is 9.59 Å². The molecule has 0 aromatic carbocycles. The van der Waals surface area contributed by atoms with E-state index in [1.165, 1.54) is 0 Å². The number of hydrogen-bond acceptors (Lipinski definition) is 4. The zero-order chi connectivity index (χ0) is 14.5. The number of amides is 1. The number of carbonyl (C=O) groups excluding carboxylic acids is 1. The van der Waals surface area contributed by atoms with E-state index in [0.29, 0.717) is 23.7 Å². The van der Waals surface area contributed by atoms with Crippen LogP contribution in [-0.2, 0) is 4.79 Å². The van der Waals surface area contributed by atoms with E-state index in [4.69, 9.17) is 10.8 Å². The molecule has 1 aliphatic rings. The number of anilines is 1. The largest absolute Gasteiger partial charge is 0.481 e. The first kappa shape index (κ1) is 14.3. The Labute approximate surface area is 117 Å². The van der Waals surface area contributed by atoms with Crippen molar-refractivity contribution in [1.82, 2.24) is 4.98 Å². The molecule has 0 spiro atoms. The third-order valence-electron chi connectivity index (χ3n) is 3.64. The fourth-order valence-corrected chi connectivity index (χ4v) is 2.66. The molecule has 108 valence electrons. The number of aliphatic carboxylic acids is 1. The number of rotatable bonds is 5. The summed E-state index contributed by atoms with van der Waals surface area (Å²) in [6.07, 6.45) is 4.47. The SMILES string of the molecule is NC(=O)c1cccnc1N1CCCC(CCC(=O)O)C1. The van der Waals surface area contributed by atoms with Gasteiger partial charge in [0.05, 0.1) is 5.56 Å². The number of piperidine rings is 1. The van der Waals surface area contributed by atoms with E-state index in [2.05, 4.69) is 4.98 Å². The van der Waals surface area contributed by atoms with Gasteiger partial charge < -0.3 is 15.7 Å². The van der Waals surface area contributed by atoms with Crippen molar-refractivity contribution < 1.29 is 14.7 Å². The number of aromatic nitrogens is 1. The van der Waals surface area contributed by atoms with Gasteiger partial charge in [0.25, 0.3) is 5.91 Å². The van der Waals surface area contributed by atoms with E-state index >= 15 is 0 Å². The van der Waals surface area contributed by atoms with Gasteiger partial charge in [-0.15, -0.1) is 0 Å². The molecule has 1 saturated heterocycles. The predicted molar refractivity (Wildman–Crippen MR) is 74.6 cm³/mol. The van der Waals surface area contributed by atoms with Crippen molar-refractivity contribution in [2.24, 2.45) is 11.7 Å². The first-order valence-electron chi connectivity index (χ1n) is 6.79. The van der Waals surface area contributed by atoms with Crippen LogP contribution >= 0.6 is 0 Å². The predicted octanol–water partition coefficient (Wildman–Crippen LogP) is 1.26. The summed E-state index contributed by atoms with van der Waals surface area (Å²) in [5, 5.41) is 8.76. The molecule has 2 heterocycles. The summed E-state index contributed by atoms with van der Waals surface area (Å²) in [6, 6.07) is 3.36. The van der Waals surface area contributed by atoms with Gasteiger partial charge in [0.15, 0.2) is 0 Å². The van der Waals surface area contributed by atoms with Gasteiger partial charge >= 0.3 is 5.97 Å². The lowest BCUT2D eigenvalue weighted by molar-refractivity contribution is -0.137. The number of nitrogens with zero attached hydrogens (tertiary/aromatic N) is 2. The zero-order valence-electron chi connectivity index (χ0n) is 11.3. The number of carboxylic acid groups (broad SMARTS) is 1. The van der Waals surface area contributed by atoms with Crippen LogP contribution in [0.25, 0.3) is 0 Å². The van der Waals surface area contributed by atoms with Crippen molar-refractivity contribution in [3.63, 3.8) is 0 Å². The molecule has 6 heteroatoms. The van der Waals surface area contributed by atoms with Crippen LogP contribution in [0.1, 0.15) is 36.0 Å². The smallest absolute Gasteiger partial charge is 0.303 e. The van der Waals surface area contributed by atoms with Gasteiger partial charge in [-0.3, -0.25) is 9.59 Å². The number of pyridine rings is 1. The molecule has 1 aromatic rings. The summed E-state index contributed by atoms with van der Waals surface area (Å²) >= 11 is 0. The molecule has 1 aromatic heterocycles. The van der Waals surface area contributed by atoms with Crippen molar-refractivity contribution in [1.29, 1.82) is 0 Å². The van der Waals surface area contributed by atoms with Gasteiger partial charge in [-0.05, 0) is 37.3 Å². The Morgan fingerprint density at radius 2 is 2.30 bits per heavy atom. The summed E-state index contributed by atoms with van der Waals surface area (Å²) < 4.78 is 0. The molecule has 3 N–H and O–H groups in total. The van der Waals surface area contributed by atoms with Crippen molar-refractivity contribution in [3.8, 4) is 0 Å². The summed E-state index contributed by atoms with van der Waals surface area (Å²) in [5.74, 6) is -0.318. The van der Waals surface area contributed by atoms with Crippen LogP contribution in [0.4, 0.5) is 5.82 Å². The van der Waals surface area contributed by atoms with E-state index < -0.39 is 11.9 Å². The Bertz CT molecular complexity index is 504. The quantitative estimate of drug-likeness (QED) is 0.844. The maximum absolute atomic E-state index is 11.4. The van der Waals surface area contributed by atoms with E-state index in [1.54, 1.807) is 18.3 Å². The lowest BCUT2D eigenvalue weighted by atomic mass is 9.93. The third kappa shape index (κ3) is 3.46. The lowest BCUT2D eigenvalue weighted by Gasteiger charge is -2.34. The van der Waals surface area contributed by atoms with Gasteiger partial charge in [-0.2, -0.15) is 0 Å². The Balaban J connectivity index is 2.09. The lowest BCUT2D eigenvalue weighted by Crippen LogP contribution is -2.37. The molecule has 1 aliphatic heterocycles. The molecule has 0 radical (unpaired) electrons. The summed E-state index contributed by atoms with van der Waals surface area (Å²) in [6.45, 7) is 1.55. The van der Waals surface area contributed by atoms with Crippen LogP contribution in [0.3, 0.4) is 0 Å². The topological polar surface area (TPSA) is 96.5 Å². The third-order valence-corrected chi connectivity index (χ3v) is 3.64. The Hall–Kier alpha value is -2.11. The minimum atomic E-state index is -0.766. The molecular formula is C14H19N3O3. The second-order valence-electron chi connectivity index (χ2n) is 5.13. The summed E-state index contributed by atoms with van der Waals surface area (Å²) in [5.41, 5.74) is 5.79. The summed E-state index contributed by atoms with van der Waals surface area (Å²) in [7, 11) is 0. The van der Waals surface area contributed by atoms with Crippen LogP contribution in [0, 0.1) is 5.92 Å². The molecule has 1 amide bonds. The van der Waals surface area contributed by atoms with Gasteiger partial charge in [-0.25, -0.2) is 4.98 Å². The zero-order valence-corrected chi connectivity index (χ0v) is 11.3. The molecule has 0 saturated carbocycles. The maximum atomic E-state index is 11.4. The van der Waals surface area contributed by atoms with Crippen LogP contribution in [0.5, 0.6) is 0 Å². The number of carbonyl (C=O) groups is 2. The molecule has 1 atom stereocenters. The first-order valence-corrected chi connectivity index (χ1v) is 6.79. The van der Waals surface area contributed by atoms with Crippen LogP contribution in [-0.4, -0.2) is 35.1 Å². The molecular weight excluding hydrogens is 258 g/mol. The van der Waals surface area contributed by atoms with Crippen molar-refractivity contribution in [3.05, 3.63) is 23.9 Å². The number of nitrogens with two attached hydrogens (primary N) is 1. The highest BCUT2D eigenvalue weighted by Crippen LogP contribution is 2.26. The molecule has 1 unspecified atom stereocenters. The molecule has 1 fully saturated rings. The van der Waals surface area contributed by atoms with Gasteiger partial charge in [0.2, 0.25) is 0 Å². The highest BCUT2D eigenvalue weighted by atomic mass is 16.4. The molecule has 6 nitrogen and oxygen atoms in total. The molecule has 0 bridgehead atoms. The second-order valence-corrected chi connectivity index (χ2v) is 5.13. The maximum Gasteiger partial charge on any atom is 0.303 e. The average Bonchev–Trinajstić information content (AvgIpc) is 2.45. The molecule has 2 rings (SSSR count). The standard InChI is InChI=1S/C14H19N3O3/c15-13(20)11-4-1-7-16-14(11)17-8-2-3-10(9-17)5-6-12(18)19/h1,4,7,10H,2-3,5-6,8-9H2,(H2,15,20)(H,18,19). The second kappa shape index (κ2) is 6.36.